The van der Waals surface area contributed by atoms with Crippen molar-refractivity contribution in [2.45, 2.75) is 152 Å². The van der Waals surface area contributed by atoms with Gasteiger partial charge in [-0.15, -0.1) is 17.9 Å². The summed E-state index contributed by atoms with van der Waals surface area (Å²) in [4.78, 5) is 56.6. The predicted molar refractivity (Wildman–Crippen MR) is 331 cm³/mol. The third-order valence-corrected chi connectivity index (χ3v) is 22.6. The molecule has 0 saturated heterocycles. The number of benzene rings is 6. The van der Waals surface area contributed by atoms with Crippen molar-refractivity contribution < 1.29 is 224 Å². The summed E-state index contributed by atoms with van der Waals surface area (Å²) in [6.45, 7) is 3.92. The van der Waals surface area contributed by atoms with E-state index >= 15 is 0 Å². The second-order valence-corrected chi connectivity index (χ2v) is 27.6. The molecular formula is C71H66Ar4Cl3F11N4O5. The number of nitrogens with one attached hydrogen (secondary N) is 4. The molecule has 0 heterocycles. The van der Waals surface area contributed by atoms with Crippen LogP contribution >= 0.6 is 34.8 Å². The van der Waals surface area contributed by atoms with E-state index in [2.05, 4.69) is 18.2 Å². The van der Waals surface area contributed by atoms with Crippen LogP contribution in [-0.4, -0.2) is 29.4 Å². The molecule has 6 fully saturated rings. The number of aryl methyl sites for hydroxylation is 2. The molecule has 0 aliphatic heterocycles. The minimum atomic E-state index is -5.63. The van der Waals surface area contributed by atoms with Gasteiger partial charge in [-0.2, -0.15) is 35.3 Å². The smallest absolute Gasteiger partial charge is 0.299 e. The van der Waals surface area contributed by atoms with Crippen molar-refractivity contribution in [3.63, 3.8) is 0 Å². The number of hydrogen-bond donors (Lipinski definition) is 4. The van der Waals surface area contributed by atoms with E-state index in [1.54, 1.807) is 30.3 Å². The predicted octanol–water partition coefficient (Wildman–Crippen LogP) is 16.9. The van der Waals surface area contributed by atoms with Crippen molar-refractivity contribution in [1.82, 2.24) is 22.2 Å². The van der Waals surface area contributed by atoms with Gasteiger partial charge in [-0.1, -0.05) is 102 Å². The Labute approximate surface area is 694 Å². The van der Waals surface area contributed by atoms with E-state index in [0.29, 0.717) is 61.7 Å². The molecule has 0 radical (unpaired) electrons. The second-order valence-electron chi connectivity index (χ2n) is 26.4. The average Bonchev–Trinajstić information content (AvgIpc) is 1.51. The number of amides is 4. The molecule has 6 aromatic carbocycles. The van der Waals surface area contributed by atoms with Gasteiger partial charge in [0.05, 0.1) is 25.7 Å². The number of hydrogen-bond acceptors (Lipinski definition) is 5. The first-order valence-corrected chi connectivity index (χ1v) is 32.6. The molecule has 4 amide bonds. The fourth-order valence-corrected chi connectivity index (χ4v) is 18.4. The van der Waals surface area contributed by atoms with Gasteiger partial charge in [-0.3, -0.25) is 24.0 Å². The van der Waals surface area contributed by atoms with Crippen LogP contribution in [0, 0.1) is 224 Å². The van der Waals surface area contributed by atoms with Crippen molar-refractivity contribution in [2.75, 3.05) is 0 Å². The summed E-state index contributed by atoms with van der Waals surface area (Å²) in [5.74, 6) is -5.08. The van der Waals surface area contributed by atoms with Gasteiger partial charge in [0.15, 0.2) is 23.3 Å². The number of carbonyl (C=O) groups is 5. The molecule has 9 nitrogen and oxygen atoms in total. The van der Waals surface area contributed by atoms with Crippen LogP contribution in [0.15, 0.2) is 84.9 Å². The Kier molecular flexibility index (Phi) is 30.1. The van der Waals surface area contributed by atoms with Crippen molar-refractivity contribution in [1.29, 1.82) is 0 Å². The Morgan fingerprint density at radius 1 is 0.388 bits per heavy atom. The average molecular weight is 1530 g/mol. The molecule has 0 aromatic heterocycles. The van der Waals surface area contributed by atoms with Gasteiger partial charge < -0.3 is 0 Å². The van der Waals surface area contributed by atoms with Crippen molar-refractivity contribution >= 4 is 64.2 Å². The van der Waals surface area contributed by atoms with E-state index in [-0.39, 0.29) is 189 Å². The Morgan fingerprint density at radius 3 is 1.13 bits per heavy atom. The number of alkyl halides is 3. The first kappa shape index (κ1) is 83.3. The van der Waals surface area contributed by atoms with E-state index in [1.165, 1.54) is 71.9 Å². The van der Waals surface area contributed by atoms with E-state index < -0.39 is 76.4 Å². The first-order valence-electron chi connectivity index (χ1n) is 31.4. The number of halogens is 14. The van der Waals surface area contributed by atoms with E-state index in [1.807, 2.05) is 50.2 Å². The Bertz CT molecular complexity index is 3820. The number of fused-ring (bicyclic) bond motifs is 24. The van der Waals surface area contributed by atoms with Crippen LogP contribution in [-0.2, 0) is 68.7 Å². The molecule has 12 unspecified atom stereocenters. The molecule has 530 valence electrons. The van der Waals surface area contributed by atoms with Gasteiger partial charge in [-0.25, -0.2) is 17.6 Å². The third kappa shape index (κ3) is 16.8. The zero-order chi connectivity index (χ0) is 67.4. The van der Waals surface area contributed by atoms with Gasteiger partial charge in [-0.05, 0) is 233 Å². The van der Waals surface area contributed by atoms with Crippen molar-refractivity contribution in [3.05, 3.63) is 207 Å². The second kappa shape index (κ2) is 35.4. The van der Waals surface area contributed by atoms with Crippen LogP contribution in [0.4, 0.5) is 48.7 Å². The van der Waals surface area contributed by atoms with Crippen LogP contribution in [0.2, 0.25) is 15.1 Å². The van der Waals surface area contributed by atoms with Gasteiger partial charge >= 0.3 is 6.18 Å². The standard InChI is InChI=1S/C23H16ClF7O.C16H18FNO.C15H15ClFNO.C9H10FNO.C8H7ClFNO.4Ar/c24-14-4-3-11-15-8-1-2-9(5-8)16(15)17(11)12(14)6-10(32)7-13-19(25)21(27)18(23(29,30)31)22(28)20(13)26;1-8-2-5-11-14-9-3-4-10(6-9)15(14)16(11)12(8)7-13(19)18-17;16-11-4-3-9-13-7-1-2-8(5-7)14(13)15(9)10(11)6-12(19)18-17;1-7-4-2-3-5-8(7)6-9(12)11-10;9-7-4-2-1-3-6(7)5-8(12)11-10;;;;/h3-4,8-9,15-16H,1-2,5-7H2;2,5,9-10,14-15H,3-4,6-7H2,1H3,(H,18,19);3-4,7-8,13-14H,1-2,5-6H2,(H,18,19);2-5H,6H2,1H3,(H,11,12);1-4H,5H2,(H,11,12);;;;. The molecule has 6 aromatic rings. The normalized spacial score (nSPS) is 23.7. The quantitative estimate of drug-likeness (QED) is 0.0550. The van der Waals surface area contributed by atoms with Gasteiger partial charge in [0.2, 0.25) is 0 Å². The molecular weight excluding hydrogens is 1460 g/mol. The summed E-state index contributed by atoms with van der Waals surface area (Å²) in [6, 6.07) is 26.1. The Hall–Kier alpha value is -1.99. The molecule has 6 bridgehead atoms. The fourth-order valence-electron chi connectivity index (χ4n) is 17.7. The van der Waals surface area contributed by atoms with Crippen molar-refractivity contribution in [3.8, 4) is 0 Å². The summed E-state index contributed by atoms with van der Waals surface area (Å²) in [5, 5.41) is 1.38. The topological polar surface area (TPSA) is 133 Å². The van der Waals surface area contributed by atoms with Gasteiger partial charge in [0.25, 0.3) is 23.6 Å². The van der Waals surface area contributed by atoms with Crippen LogP contribution in [0.25, 0.3) is 0 Å². The maximum absolute atomic E-state index is 14.2. The minimum absolute atomic E-state index is 0. The maximum Gasteiger partial charge on any atom is 0.422 e. The zero-order valence-electron chi connectivity index (χ0n) is 52.4. The summed E-state index contributed by atoms with van der Waals surface area (Å²) in [6.07, 6.45) is 4.64. The molecule has 6 saturated carbocycles. The summed E-state index contributed by atoms with van der Waals surface area (Å²) in [7, 11) is 0. The monoisotopic (exact) mass is 1530 g/mol. The fraction of sp³-hybridized carbons (Fsp3) is 0.423. The minimum Gasteiger partial charge on any atom is -0.299 e. The van der Waals surface area contributed by atoms with Crippen LogP contribution in [0.5, 0.6) is 0 Å². The first-order chi connectivity index (χ1) is 44.9. The Morgan fingerprint density at radius 2 is 0.724 bits per heavy atom. The molecule has 27 heteroatoms. The Balaban J connectivity index is 0.000000180. The molecule has 9 aliphatic carbocycles. The SMILES string of the molecule is Cc1ccc2c(c1CC(=O)NF)C1C3CCC(C3)C21.Cc1ccccc1CC(=O)NF.O=C(Cc1c(Cl)ccc2c1C1C3CCC(C3)C21)NF.O=C(Cc1c(F)c(F)c(C(F)(F)F)c(F)c1F)Cc1c(Cl)ccc2c1C1C3CCC(C3)C21.O=C(Cc1ccccc1Cl)NF.[Ar].[Ar].[Ar].[Ar]. The summed E-state index contributed by atoms with van der Waals surface area (Å²) >= 11 is 18.3. The van der Waals surface area contributed by atoms with E-state index in [0.717, 1.165) is 98.9 Å². The zero-order valence-corrected chi connectivity index (χ0v) is 57.5. The maximum atomic E-state index is 14.2. The van der Waals surface area contributed by atoms with Gasteiger partial charge in [0.1, 0.15) is 11.3 Å². The van der Waals surface area contributed by atoms with Crippen LogP contribution in [0.1, 0.15) is 177 Å². The number of rotatable bonds is 12. The molecule has 98 heavy (non-hydrogen) atoms. The van der Waals surface area contributed by atoms with Gasteiger partial charge in [0, 0.05) is 184 Å². The van der Waals surface area contributed by atoms with Crippen LogP contribution in [0.3, 0.4) is 0 Å². The molecule has 12 atom stereocenters. The molecule has 4 N–H and O–H groups in total. The molecule has 9 aliphatic rings. The number of Topliss-reactive ketones (excluding diaryl/α,β-unsaturated/α-hetero) is 1. The van der Waals surface area contributed by atoms with E-state index in [4.69, 9.17) is 34.8 Å². The van der Waals surface area contributed by atoms with Crippen molar-refractivity contribution in [2.24, 2.45) is 35.5 Å². The summed E-state index contributed by atoms with van der Waals surface area (Å²) in [5.41, 5.74) is 14.2. The number of carbonyl (C=O) groups excluding carboxylic acids is 5. The largest absolute Gasteiger partial charge is 0.422 e. The molecule has 0 spiro atoms. The number of ketones is 1. The summed E-state index contributed by atoms with van der Waals surface area (Å²) < 4.78 is 142. The van der Waals surface area contributed by atoms with E-state index in [9.17, 15) is 72.6 Å². The third-order valence-electron chi connectivity index (χ3n) is 21.5. The molecule has 15 rings (SSSR count). The van der Waals surface area contributed by atoms with Crippen LogP contribution < -0.4 is 22.2 Å².